The second-order valence-corrected chi connectivity index (χ2v) is 3.47. The van der Waals surface area contributed by atoms with Crippen LogP contribution in [0.15, 0.2) is 24.3 Å². The maximum absolute atomic E-state index is 10.8. The fourth-order valence-corrected chi connectivity index (χ4v) is 1.41. The van der Waals surface area contributed by atoms with Gasteiger partial charge in [0.2, 0.25) is 0 Å². The van der Waals surface area contributed by atoms with Crippen molar-refractivity contribution in [2.75, 3.05) is 0 Å². The van der Waals surface area contributed by atoms with Crippen molar-refractivity contribution in [2.24, 2.45) is 5.92 Å². The monoisotopic (exact) mass is 224 g/mol. The molecule has 1 atom stereocenters. The molecule has 3 N–H and O–H groups in total. The zero-order valence-electron chi connectivity index (χ0n) is 8.46. The first-order valence-corrected chi connectivity index (χ1v) is 4.72. The van der Waals surface area contributed by atoms with Gasteiger partial charge < -0.3 is 15.3 Å². The van der Waals surface area contributed by atoms with Crippen molar-refractivity contribution in [3.8, 4) is 5.75 Å². The summed E-state index contributed by atoms with van der Waals surface area (Å²) in [5, 5.41) is 26.8. The lowest BCUT2D eigenvalue weighted by Gasteiger charge is -2.10. The summed E-state index contributed by atoms with van der Waals surface area (Å²) in [6, 6.07) is 6.29. The number of hydrogen-bond donors (Lipinski definition) is 3. The van der Waals surface area contributed by atoms with E-state index < -0.39 is 24.3 Å². The van der Waals surface area contributed by atoms with E-state index in [1.165, 1.54) is 6.07 Å². The molecule has 0 fully saturated rings. The third-order valence-corrected chi connectivity index (χ3v) is 2.23. The van der Waals surface area contributed by atoms with Crippen molar-refractivity contribution in [3.63, 3.8) is 0 Å². The Bertz CT molecular complexity index is 399. The van der Waals surface area contributed by atoms with Crippen LogP contribution < -0.4 is 0 Å². The van der Waals surface area contributed by atoms with E-state index in [1.54, 1.807) is 18.2 Å². The van der Waals surface area contributed by atoms with Crippen LogP contribution in [0.4, 0.5) is 0 Å². The van der Waals surface area contributed by atoms with E-state index in [4.69, 9.17) is 10.2 Å². The summed E-state index contributed by atoms with van der Waals surface area (Å²) in [5.74, 6) is -3.38. The number of carbonyl (C=O) groups is 2. The standard InChI is InChI=1S/C11H12O5/c12-9-4-2-1-3-7(9)5-8(11(15)16)6-10(13)14/h1-4,8,12H,5-6H2,(H,13,14)(H,15,16). The molecule has 0 spiro atoms. The molecule has 0 amide bonds. The Labute approximate surface area is 92.0 Å². The second-order valence-electron chi connectivity index (χ2n) is 3.47. The fourth-order valence-electron chi connectivity index (χ4n) is 1.41. The van der Waals surface area contributed by atoms with Gasteiger partial charge in [0.25, 0.3) is 0 Å². The number of carboxylic acid groups (broad SMARTS) is 2. The molecule has 1 unspecified atom stereocenters. The van der Waals surface area contributed by atoms with E-state index >= 15 is 0 Å². The Morgan fingerprint density at radius 1 is 1.19 bits per heavy atom. The third kappa shape index (κ3) is 3.27. The van der Waals surface area contributed by atoms with Crippen LogP contribution in [0.5, 0.6) is 5.75 Å². The number of para-hydroxylation sites is 1. The van der Waals surface area contributed by atoms with E-state index in [-0.39, 0.29) is 12.2 Å². The van der Waals surface area contributed by atoms with Crippen LogP contribution in [0.25, 0.3) is 0 Å². The maximum Gasteiger partial charge on any atom is 0.307 e. The molecule has 16 heavy (non-hydrogen) atoms. The average Bonchev–Trinajstić information content (AvgIpc) is 2.19. The highest BCUT2D eigenvalue weighted by molar-refractivity contribution is 5.78. The molecule has 86 valence electrons. The van der Waals surface area contributed by atoms with E-state index in [0.29, 0.717) is 5.56 Å². The SMILES string of the molecule is O=C(O)CC(Cc1ccccc1O)C(=O)O. The van der Waals surface area contributed by atoms with Gasteiger partial charge in [0.05, 0.1) is 12.3 Å². The number of aromatic hydroxyl groups is 1. The van der Waals surface area contributed by atoms with Crippen molar-refractivity contribution >= 4 is 11.9 Å². The predicted octanol–water partition coefficient (Wildman–Crippen LogP) is 1.11. The first-order valence-electron chi connectivity index (χ1n) is 4.72. The van der Waals surface area contributed by atoms with Gasteiger partial charge in [-0.2, -0.15) is 0 Å². The lowest BCUT2D eigenvalue weighted by molar-refractivity contribution is -0.148. The molecule has 0 aliphatic carbocycles. The van der Waals surface area contributed by atoms with Crippen LogP contribution in [0.2, 0.25) is 0 Å². The number of hydrogen-bond acceptors (Lipinski definition) is 3. The van der Waals surface area contributed by atoms with Crippen LogP contribution in [0, 0.1) is 5.92 Å². The van der Waals surface area contributed by atoms with E-state index in [0.717, 1.165) is 0 Å². The van der Waals surface area contributed by atoms with Gasteiger partial charge in [0.1, 0.15) is 5.75 Å². The molecular formula is C11H12O5. The first kappa shape index (κ1) is 12.0. The van der Waals surface area contributed by atoms with Gasteiger partial charge in [-0.05, 0) is 18.1 Å². The molecule has 1 aromatic carbocycles. The minimum Gasteiger partial charge on any atom is -0.508 e. The summed E-state index contributed by atoms with van der Waals surface area (Å²) in [4.78, 5) is 21.3. The van der Waals surface area contributed by atoms with Crippen LogP contribution in [-0.4, -0.2) is 27.3 Å². The van der Waals surface area contributed by atoms with Gasteiger partial charge >= 0.3 is 11.9 Å². The summed E-state index contributed by atoms with van der Waals surface area (Å²) in [6.45, 7) is 0. The zero-order chi connectivity index (χ0) is 12.1. The molecule has 0 saturated heterocycles. The Morgan fingerprint density at radius 2 is 1.81 bits per heavy atom. The average molecular weight is 224 g/mol. The number of carboxylic acids is 2. The number of phenolic OH excluding ortho intramolecular Hbond substituents is 1. The minimum atomic E-state index is -1.18. The summed E-state index contributed by atoms with van der Waals surface area (Å²) >= 11 is 0. The molecular weight excluding hydrogens is 212 g/mol. The van der Waals surface area contributed by atoms with Crippen LogP contribution in [0.3, 0.4) is 0 Å². The molecule has 0 heterocycles. The topological polar surface area (TPSA) is 94.8 Å². The van der Waals surface area contributed by atoms with Gasteiger partial charge in [0, 0.05) is 0 Å². The van der Waals surface area contributed by atoms with Crippen LogP contribution in [0.1, 0.15) is 12.0 Å². The van der Waals surface area contributed by atoms with Crippen molar-refractivity contribution in [1.29, 1.82) is 0 Å². The molecule has 0 aliphatic heterocycles. The first-order chi connectivity index (χ1) is 7.50. The second kappa shape index (κ2) is 5.16. The lowest BCUT2D eigenvalue weighted by Crippen LogP contribution is -2.20. The summed E-state index contributed by atoms with van der Waals surface area (Å²) in [7, 11) is 0. The highest BCUT2D eigenvalue weighted by Crippen LogP contribution is 2.21. The van der Waals surface area contributed by atoms with Gasteiger partial charge in [-0.25, -0.2) is 0 Å². The number of phenols is 1. The largest absolute Gasteiger partial charge is 0.508 e. The third-order valence-electron chi connectivity index (χ3n) is 2.23. The predicted molar refractivity (Wildman–Crippen MR) is 55.2 cm³/mol. The molecule has 0 aliphatic rings. The van der Waals surface area contributed by atoms with Crippen molar-refractivity contribution in [2.45, 2.75) is 12.8 Å². The molecule has 0 aromatic heterocycles. The lowest BCUT2D eigenvalue weighted by atomic mass is 9.96. The van der Waals surface area contributed by atoms with Crippen molar-refractivity contribution in [1.82, 2.24) is 0 Å². The quantitative estimate of drug-likeness (QED) is 0.696. The fraction of sp³-hybridized carbons (Fsp3) is 0.273. The number of rotatable bonds is 5. The molecule has 1 rings (SSSR count). The molecule has 0 bridgehead atoms. The van der Waals surface area contributed by atoms with Crippen LogP contribution >= 0.6 is 0 Å². The highest BCUT2D eigenvalue weighted by Gasteiger charge is 2.22. The molecule has 1 aromatic rings. The van der Waals surface area contributed by atoms with Gasteiger partial charge in [-0.3, -0.25) is 9.59 Å². The molecule has 5 heteroatoms. The van der Waals surface area contributed by atoms with Crippen molar-refractivity contribution < 1.29 is 24.9 Å². The molecule has 5 nitrogen and oxygen atoms in total. The van der Waals surface area contributed by atoms with Crippen molar-refractivity contribution in [3.05, 3.63) is 29.8 Å². The molecule has 0 saturated carbocycles. The summed E-state index contributed by atoms with van der Waals surface area (Å²) in [6.07, 6.45) is -0.446. The summed E-state index contributed by atoms with van der Waals surface area (Å²) < 4.78 is 0. The molecule has 0 radical (unpaired) electrons. The van der Waals surface area contributed by atoms with E-state index in [9.17, 15) is 14.7 Å². The Hall–Kier alpha value is -2.04. The Morgan fingerprint density at radius 3 is 2.31 bits per heavy atom. The van der Waals surface area contributed by atoms with Gasteiger partial charge in [-0.1, -0.05) is 18.2 Å². The Balaban J connectivity index is 2.80. The number of aliphatic carboxylic acids is 2. The normalized spacial score (nSPS) is 12.0. The van der Waals surface area contributed by atoms with Gasteiger partial charge in [0.15, 0.2) is 0 Å². The summed E-state index contributed by atoms with van der Waals surface area (Å²) in [5.41, 5.74) is 0.441. The van der Waals surface area contributed by atoms with Crippen LogP contribution in [-0.2, 0) is 16.0 Å². The minimum absolute atomic E-state index is 0.00824. The Kier molecular flexibility index (Phi) is 3.88. The van der Waals surface area contributed by atoms with Gasteiger partial charge in [-0.15, -0.1) is 0 Å². The van der Waals surface area contributed by atoms with E-state index in [1.807, 2.05) is 0 Å². The smallest absolute Gasteiger partial charge is 0.307 e. The van der Waals surface area contributed by atoms with E-state index in [2.05, 4.69) is 0 Å². The number of benzene rings is 1. The zero-order valence-corrected chi connectivity index (χ0v) is 8.46. The maximum atomic E-state index is 10.8. The highest BCUT2D eigenvalue weighted by atomic mass is 16.4.